The Balaban J connectivity index is 1.61. The van der Waals surface area contributed by atoms with Crippen molar-refractivity contribution in [2.24, 2.45) is 0 Å². The first-order valence-electron chi connectivity index (χ1n) is 10.6. The zero-order valence-electron chi connectivity index (χ0n) is 18.6. The largest absolute Gasteiger partial charge is 0.479 e. The Morgan fingerprint density at radius 1 is 1.06 bits per heavy atom. The van der Waals surface area contributed by atoms with Crippen molar-refractivity contribution in [1.82, 2.24) is 10.6 Å². The van der Waals surface area contributed by atoms with Gasteiger partial charge in [-0.15, -0.1) is 0 Å². The number of alkyl carbamates (subject to hydrolysis) is 1. The van der Waals surface area contributed by atoms with E-state index in [1.807, 2.05) is 42.7 Å². The molecule has 0 spiro atoms. The summed E-state index contributed by atoms with van der Waals surface area (Å²) in [6.45, 7) is -0.0612. The number of carbonyl (C=O) groups excluding carboxylic acids is 2. The van der Waals surface area contributed by atoms with Crippen molar-refractivity contribution in [3.63, 3.8) is 0 Å². The van der Waals surface area contributed by atoms with Crippen LogP contribution in [0.2, 0.25) is 0 Å². The number of aliphatic carboxylic acids is 1. The number of thioether (sulfide) groups is 1. The number of amides is 2. The van der Waals surface area contributed by atoms with Crippen LogP contribution in [0, 0.1) is 0 Å². The minimum atomic E-state index is -1.18. The molecule has 2 atom stereocenters. The molecule has 0 fully saturated rings. The van der Waals surface area contributed by atoms with Crippen LogP contribution in [0.1, 0.15) is 23.5 Å². The van der Waals surface area contributed by atoms with E-state index < -0.39 is 30.1 Å². The van der Waals surface area contributed by atoms with Gasteiger partial charge in [-0.05, 0) is 40.7 Å². The Bertz CT molecular complexity index is 953. The van der Waals surface area contributed by atoms with Crippen molar-refractivity contribution in [1.29, 1.82) is 0 Å². The highest BCUT2D eigenvalue weighted by Crippen LogP contribution is 2.44. The third kappa shape index (κ3) is 6.06. The molecule has 0 aliphatic heterocycles. The van der Waals surface area contributed by atoms with Gasteiger partial charge in [0.25, 0.3) is 0 Å². The summed E-state index contributed by atoms with van der Waals surface area (Å²) in [6, 6.07) is 15.2. The SMILES string of the molecule is COC(CNC(=O)C(CCSC)NC(=O)OCC1c2ccccc2-c2ccccc21)C(=O)O. The van der Waals surface area contributed by atoms with Gasteiger partial charge in [0.1, 0.15) is 12.6 Å². The van der Waals surface area contributed by atoms with Gasteiger partial charge in [0.2, 0.25) is 5.91 Å². The summed E-state index contributed by atoms with van der Waals surface area (Å²) in [5.41, 5.74) is 4.46. The second-order valence-electron chi connectivity index (χ2n) is 7.61. The fourth-order valence-corrected chi connectivity index (χ4v) is 4.35. The van der Waals surface area contributed by atoms with Gasteiger partial charge < -0.3 is 25.2 Å². The van der Waals surface area contributed by atoms with E-state index in [0.717, 1.165) is 22.3 Å². The van der Waals surface area contributed by atoms with E-state index in [4.69, 9.17) is 14.6 Å². The first-order chi connectivity index (χ1) is 16.0. The predicted octanol–water partition coefficient (Wildman–Crippen LogP) is 2.86. The third-order valence-electron chi connectivity index (χ3n) is 5.58. The smallest absolute Gasteiger partial charge is 0.407 e. The van der Waals surface area contributed by atoms with Crippen LogP contribution in [0.3, 0.4) is 0 Å². The molecule has 1 aliphatic carbocycles. The lowest BCUT2D eigenvalue weighted by molar-refractivity contribution is -0.148. The molecule has 0 heterocycles. The Hall–Kier alpha value is -3.04. The summed E-state index contributed by atoms with van der Waals surface area (Å²) in [5.74, 6) is -1.11. The summed E-state index contributed by atoms with van der Waals surface area (Å²) in [4.78, 5) is 36.2. The Morgan fingerprint density at radius 3 is 2.21 bits per heavy atom. The number of benzene rings is 2. The minimum absolute atomic E-state index is 0.0837. The lowest BCUT2D eigenvalue weighted by Crippen LogP contribution is -2.49. The lowest BCUT2D eigenvalue weighted by atomic mass is 9.98. The van der Waals surface area contributed by atoms with E-state index in [1.165, 1.54) is 18.9 Å². The first kappa shape index (κ1) is 24.6. The zero-order valence-corrected chi connectivity index (χ0v) is 19.4. The van der Waals surface area contributed by atoms with Crippen LogP contribution < -0.4 is 10.6 Å². The number of hydrogen-bond acceptors (Lipinski definition) is 6. The van der Waals surface area contributed by atoms with Crippen LogP contribution in [0.4, 0.5) is 4.79 Å². The highest BCUT2D eigenvalue weighted by Gasteiger charge is 2.30. The van der Waals surface area contributed by atoms with Gasteiger partial charge >= 0.3 is 12.1 Å². The van der Waals surface area contributed by atoms with Crippen molar-refractivity contribution in [3.05, 3.63) is 59.7 Å². The number of carboxylic acids is 1. The quantitative estimate of drug-likeness (QED) is 0.461. The van der Waals surface area contributed by atoms with Crippen LogP contribution in [-0.2, 0) is 19.1 Å². The molecule has 3 rings (SSSR count). The maximum Gasteiger partial charge on any atom is 0.407 e. The Morgan fingerprint density at radius 2 is 1.67 bits per heavy atom. The van der Waals surface area contributed by atoms with Crippen LogP contribution in [0.5, 0.6) is 0 Å². The molecule has 2 aromatic rings. The maximum atomic E-state index is 12.6. The maximum absolute atomic E-state index is 12.6. The van der Waals surface area contributed by atoms with E-state index in [1.54, 1.807) is 0 Å². The number of carbonyl (C=O) groups is 3. The molecule has 0 saturated carbocycles. The van der Waals surface area contributed by atoms with Crippen LogP contribution in [-0.4, -0.2) is 67.5 Å². The molecule has 9 heteroatoms. The molecule has 2 aromatic carbocycles. The van der Waals surface area contributed by atoms with Gasteiger partial charge in [0.15, 0.2) is 6.10 Å². The normalized spacial score (nSPS) is 14.0. The third-order valence-corrected chi connectivity index (χ3v) is 6.23. The Labute approximate surface area is 197 Å². The van der Waals surface area contributed by atoms with E-state index in [0.29, 0.717) is 12.2 Å². The van der Waals surface area contributed by atoms with Gasteiger partial charge in [-0.3, -0.25) is 4.79 Å². The molecule has 176 valence electrons. The number of carboxylic acid groups (broad SMARTS) is 1. The topological polar surface area (TPSA) is 114 Å². The van der Waals surface area contributed by atoms with Crippen molar-refractivity contribution in [2.45, 2.75) is 24.5 Å². The fourth-order valence-electron chi connectivity index (χ4n) is 3.87. The number of nitrogens with one attached hydrogen (secondary N) is 2. The lowest BCUT2D eigenvalue weighted by Gasteiger charge is -2.20. The van der Waals surface area contributed by atoms with E-state index in [9.17, 15) is 14.4 Å². The number of hydrogen-bond donors (Lipinski definition) is 3. The van der Waals surface area contributed by atoms with Crippen molar-refractivity contribution in [2.75, 3.05) is 32.3 Å². The summed E-state index contributed by atoms with van der Waals surface area (Å²) < 4.78 is 10.4. The summed E-state index contributed by atoms with van der Waals surface area (Å²) in [6.07, 6.45) is 0.416. The molecule has 0 bridgehead atoms. The molecule has 0 radical (unpaired) electrons. The van der Waals surface area contributed by atoms with Crippen molar-refractivity contribution < 1.29 is 29.0 Å². The standard InChI is InChI=1S/C24H28N2O6S/c1-31-21(23(28)29)13-25-22(27)20(11-12-33-2)26-24(30)32-14-19-17-9-5-3-7-15(17)16-8-4-6-10-18(16)19/h3-10,19-21H,11-14H2,1-2H3,(H,25,27)(H,26,30)(H,28,29). The number of ether oxygens (including phenoxy) is 2. The molecule has 8 nitrogen and oxygen atoms in total. The summed E-state index contributed by atoms with van der Waals surface area (Å²) >= 11 is 1.54. The second kappa shape index (κ2) is 11.7. The summed E-state index contributed by atoms with van der Waals surface area (Å²) in [5, 5.41) is 14.2. The molecule has 1 aliphatic rings. The van der Waals surface area contributed by atoms with Gasteiger partial charge in [0, 0.05) is 13.0 Å². The zero-order chi connectivity index (χ0) is 23.8. The van der Waals surface area contributed by atoms with E-state index in [-0.39, 0.29) is 19.1 Å². The molecular formula is C24H28N2O6S. The number of rotatable bonds is 11. The van der Waals surface area contributed by atoms with Crippen molar-refractivity contribution >= 4 is 29.7 Å². The van der Waals surface area contributed by atoms with E-state index in [2.05, 4.69) is 22.8 Å². The summed E-state index contributed by atoms with van der Waals surface area (Å²) in [7, 11) is 1.26. The molecular weight excluding hydrogens is 444 g/mol. The monoisotopic (exact) mass is 472 g/mol. The molecule has 2 amide bonds. The van der Waals surface area contributed by atoms with Gasteiger partial charge in [-0.25, -0.2) is 9.59 Å². The molecule has 33 heavy (non-hydrogen) atoms. The number of methoxy groups -OCH3 is 1. The highest BCUT2D eigenvalue weighted by atomic mass is 32.2. The van der Waals surface area contributed by atoms with E-state index >= 15 is 0 Å². The first-order valence-corrected chi connectivity index (χ1v) is 12.0. The Kier molecular flexibility index (Phi) is 8.73. The molecule has 0 aromatic heterocycles. The van der Waals surface area contributed by atoms with Crippen LogP contribution in [0.25, 0.3) is 11.1 Å². The minimum Gasteiger partial charge on any atom is -0.479 e. The van der Waals surface area contributed by atoms with Crippen molar-refractivity contribution in [3.8, 4) is 11.1 Å². The number of fused-ring (bicyclic) bond motifs is 3. The van der Waals surface area contributed by atoms with Gasteiger partial charge in [-0.2, -0.15) is 11.8 Å². The highest BCUT2D eigenvalue weighted by molar-refractivity contribution is 7.98. The average Bonchev–Trinajstić information content (AvgIpc) is 3.14. The van der Waals surface area contributed by atoms with Gasteiger partial charge in [0.05, 0.1) is 6.54 Å². The second-order valence-corrected chi connectivity index (χ2v) is 8.60. The molecule has 2 unspecified atom stereocenters. The van der Waals surface area contributed by atoms with Crippen LogP contribution >= 0.6 is 11.8 Å². The van der Waals surface area contributed by atoms with Crippen LogP contribution in [0.15, 0.2) is 48.5 Å². The fraction of sp³-hybridized carbons (Fsp3) is 0.375. The predicted molar refractivity (Wildman–Crippen MR) is 126 cm³/mol. The van der Waals surface area contributed by atoms with Gasteiger partial charge in [-0.1, -0.05) is 48.5 Å². The molecule has 0 saturated heterocycles. The molecule has 3 N–H and O–H groups in total. The average molecular weight is 473 g/mol.